The van der Waals surface area contributed by atoms with E-state index in [9.17, 15) is 0 Å². The molecule has 1 aromatic rings. The maximum absolute atomic E-state index is 3.98. The van der Waals surface area contributed by atoms with Crippen LogP contribution in [0.5, 0.6) is 0 Å². The van der Waals surface area contributed by atoms with E-state index in [1.54, 1.807) is 0 Å². The van der Waals surface area contributed by atoms with Crippen molar-refractivity contribution in [2.75, 3.05) is 0 Å². The first-order chi connectivity index (χ1) is 5.61. The predicted molar refractivity (Wildman–Crippen MR) is 51.8 cm³/mol. The van der Waals surface area contributed by atoms with Gasteiger partial charge in [-0.15, -0.1) is 0 Å². The van der Waals surface area contributed by atoms with Crippen molar-refractivity contribution >= 4 is 0 Å². The molecule has 0 aliphatic carbocycles. The topological polar surface area (TPSA) is 27.6 Å². The van der Waals surface area contributed by atoms with Gasteiger partial charge in [-0.05, 0) is 18.4 Å². The lowest BCUT2D eigenvalue weighted by Gasteiger charge is -2.07. The van der Waals surface area contributed by atoms with Crippen LogP contribution in [0.2, 0.25) is 0 Å². The number of quaternary nitrogens is 1. The second kappa shape index (κ2) is 3.72. The summed E-state index contributed by atoms with van der Waals surface area (Å²) in [6.07, 6.45) is 0. The zero-order valence-corrected chi connectivity index (χ0v) is 8.17. The smallest absolute Gasteiger partial charge is 0.107 e. The lowest BCUT2D eigenvalue weighted by molar-refractivity contribution is -0.420. The van der Waals surface area contributed by atoms with Crippen molar-refractivity contribution < 1.29 is 5.73 Å². The van der Waals surface area contributed by atoms with Crippen LogP contribution < -0.4 is 5.73 Å². The quantitative estimate of drug-likeness (QED) is 0.693. The van der Waals surface area contributed by atoms with E-state index in [0.29, 0.717) is 12.0 Å². The summed E-state index contributed by atoms with van der Waals surface area (Å²) in [7, 11) is 0. The van der Waals surface area contributed by atoms with E-state index >= 15 is 0 Å². The van der Waals surface area contributed by atoms with Crippen LogP contribution in [-0.2, 0) is 0 Å². The molecule has 0 aromatic heterocycles. The third kappa shape index (κ3) is 2.08. The molecule has 0 radical (unpaired) electrons. The Kier molecular flexibility index (Phi) is 2.88. The fourth-order valence-electron chi connectivity index (χ4n) is 1.21. The largest absolute Gasteiger partial charge is 0.352 e. The van der Waals surface area contributed by atoms with E-state index in [1.807, 2.05) is 0 Å². The molecule has 0 amide bonds. The van der Waals surface area contributed by atoms with Crippen LogP contribution in [0.3, 0.4) is 0 Å². The molecule has 1 rings (SSSR count). The Bertz CT molecular complexity index is 207. The van der Waals surface area contributed by atoms with Crippen LogP contribution in [0.1, 0.15) is 43.9 Å². The van der Waals surface area contributed by atoms with Gasteiger partial charge >= 0.3 is 0 Å². The highest BCUT2D eigenvalue weighted by Crippen LogP contribution is 2.16. The Hall–Kier alpha value is -0.820. The Balaban J connectivity index is 2.86. The second-order valence-electron chi connectivity index (χ2n) is 3.72. The molecule has 12 heavy (non-hydrogen) atoms. The van der Waals surface area contributed by atoms with E-state index in [4.69, 9.17) is 0 Å². The maximum Gasteiger partial charge on any atom is 0.107 e. The molecule has 0 unspecified atom stereocenters. The molecule has 1 heteroatoms. The Morgan fingerprint density at radius 1 is 0.917 bits per heavy atom. The molecule has 66 valence electrons. The molecule has 0 aliphatic rings. The van der Waals surface area contributed by atoms with Crippen LogP contribution in [0.25, 0.3) is 0 Å². The fourth-order valence-corrected chi connectivity index (χ4v) is 1.21. The normalized spacial score (nSPS) is 13.4. The molecule has 0 bridgehead atoms. The Morgan fingerprint density at radius 2 is 1.33 bits per heavy atom. The molecule has 3 N–H and O–H groups in total. The third-order valence-corrected chi connectivity index (χ3v) is 2.17. The number of hydrogen-bond donors (Lipinski definition) is 1. The van der Waals surface area contributed by atoms with Gasteiger partial charge in [0.2, 0.25) is 0 Å². The zero-order chi connectivity index (χ0) is 9.14. The van der Waals surface area contributed by atoms with Crippen LogP contribution in [0.15, 0.2) is 24.3 Å². The maximum atomic E-state index is 3.98. The molecule has 1 aromatic carbocycles. The van der Waals surface area contributed by atoms with Crippen LogP contribution in [0, 0.1) is 0 Å². The average molecular weight is 164 g/mol. The van der Waals surface area contributed by atoms with Crippen molar-refractivity contribution in [3.8, 4) is 0 Å². The van der Waals surface area contributed by atoms with E-state index in [2.05, 4.69) is 50.8 Å². The van der Waals surface area contributed by atoms with Gasteiger partial charge < -0.3 is 5.73 Å². The molecule has 1 atom stereocenters. The zero-order valence-electron chi connectivity index (χ0n) is 8.17. The van der Waals surface area contributed by atoms with Crippen molar-refractivity contribution in [1.29, 1.82) is 0 Å². The van der Waals surface area contributed by atoms with Crippen molar-refractivity contribution in [1.82, 2.24) is 0 Å². The summed E-state index contributed by atoms with van der Waals surface area (Å²) in [4.78, 5) is 0. The number of rotatable bonds is 2. The van der Waals surface area contributed by atoms with Crippen LogP contribution in [0.4, 0.5) is 0 Å². The number of hydrogen-bond acceptors (Lipinski definition) is 0. The summed E-state index contributed by atoms with van der Waals surface area (Å²) in [5.41, 5.74) is 6.70. The van der Waals surface area contributed by atoms with Crippen LogP contribution in [-0.4, -0.2) is 0 Å². The molecular formula is C11H18N+. The highest BCUT2D eigenvalue weighted by molar-refractivity contribution is 5.25. The van der Waals surface area contributed by atoms with E-state index < -0.39 is 0 Å². The molecular weight excluding hydrogens is 146 g/mol. The minimum atomic E-state index is 0.395. The summed E-state index contributed by atoms with van der Waals surface area (Å²) in [6, 6.07) is 9.13. The SMILES string of the molecule is CC(C)c1ccc([C@H](C)[NH3+])cc1. The third-order valence-electron chi connectivity index (χ3n) is 2.17. The van der Waals surface area contributed by atoms with Gasteiger partial charge in [0.05, 0.1) is 0 Å². The van der Waals surface area contributed by atoms with E-state index in [-0.39, 0.29) is 0 Å². The summed E-state index contributed by atoms with van der Waals surface area (Å²) in [5, 5.41) is 0. The van der Waals surface area contributed by atoms with Gasteiger partial charge in [0, 0.05) is 5.56 Å². The van der Waals surface area contributed by atoms with Gasteiger partial charge in [-0.25, -0.2) is 0 Å². The van der Waals surface area contributed by atoms with Gasteiger partial charge in [0.15, 0.2) is 0 Å². The van der Waals surface area contributed by atoms with Gasteiger partial charge in [-0.2, -0.15) is 0 Å². The van der Waals surface area contributed by atoms with Gasteiger partial charge in [0.25, 0.3) is 0 Å². The number of benzene rings is 1. The standard InChI is InChI=1S/C11H17N/c1-8(2)10-4-6-11(7-5-10)9(3)12/h4-9H,12H2,1-3H3/p+1/t9-/m0/s1. The Labute approximate surface area is 74.6 Å². The predicted octanol–water partition coefficient (Wildman–Crippen LogP) is 2.11. The minimum absolute atomic E-state index is 0.395. The summed E-state index contributed by atoms with van der Waals surface area (Å²) in [5.74, 6) is 0.624. The van der Waals surface area contributed by atoms with Gasteiger partial charge in [0.1, 0.15) is 6.04 Å². The van der Waals surface area contributed by atoms with Crippen molar-refractivity contribution in [3.05, 3.63) is 35.4 Å². The highest BCUT2D eigenvalue weighted by Gasteiger charge is 2.03. The minimum Gasteiger partial charge on any atom is -0.352 e. The van der Waals surface area contributed by atoms with Gasteiger partial charge in [-0.1, -0.05) is 38.1 Å². The van der Waals surface area contributed by atoms with Crippen molar-refractivity contribution in [2.45, 2.75) is 32.7 Å². The summed E-state index contributed by atoms with van der Waals surface area (Å²) in [6.45, 7) is 6.54. The molecule has 0 spiro atoms. The summed E-state index contributed by atoms with van der Waals surface area (Å²) < 4.78 is 0. The molecule has 0 heterocycles. The summed E-state index contributed by atoms with van der Waals surface area (Å²) >= 11 is 0. The molecule has 0 fully saturated rings. The van der Waals surface area contributed by atoms with E-state index in [1.165, 1.54) is 11.1 Å². The average Bonchev–Trinajstić information content (AvgIpc) is 2.04. The first-order valence-corrected chi connectivity index (χ1v) is 4.54. The fraction of sp³-hybridized carbons (Fsp3) is 0.455. The monoisotopic (exact) mass is 164 g/mol. The molecule has 0 saturated carbocycles. The first kappa shape index (κ1) is 9.27. The van der Waals surface area contributed by atoms with Crippen LogP contribution >= 0.6 is 0 Å². The van der Waals surface area contributed by atoms with Gasteiger partial charge in [-0.3, -0.25) is 0 Å². The molecule has 0 aliphatic heterocycles. The van der Waals surface area contributed by atoms with E-state index in [0.717, 1.165) is 0 Å². The second-order valence-corrected chi connectivity index (χ2v) is 3.72. The Morgan fingerprint density at radius 3 is 1.67 bits per heavy atom. The molecule has 0 saturated heterocycles. The lowest BCUT2D eigenvalue weighted by Crippen LogP contribution is -2.51. The first-order valence-electron chi connectivity index (χ1n) is 4.54. The highest BCUT2D eigenvalue weighted by atomic mass is 14.6. The van der Waals surface area contributed by atoms with Crippen molar-refractivity contribution in [2.24, 2.45) is 0 Å². The molecule has 1 nitrogen and oxygen atoms in total. The van der Waals surface area contributed by atoms with Crippen molar-refractivity contribution in [3.63, 3.8) is 0 Å². The lowest BCUT2D eigenvalue weighted by atomic mass is 10.00.